The molecule has 0 radical (unpaired) electrons. The van der Waals surface area contributed by atoms with Gasteiger partial charge in [-0.3, -0.25) is 10.1 Å². The number of para-hydroxylation sites is 1. The van der Waals surface area contributed by atoms with E-state index in [1.165, 1.54) is 6.07 Å². The molecule has 0 aliphatic carbocycles. The zero-order valence-electron chi connectivity index (χ0n) is 12.2. The van der Waals surface area contributed by atoms with E-state index < -0.39 is 4.92 Å². The standard InChI is InChI=1S/C16H17ClN2O3/c1-18(10-9-17)12-13-7-8-15(19(20)21)16(11-13)22-14-5-3-2-4-6-14/h2-8,11H,9-10,12H2,1H3. The lowest BCUT2D eigenvalue weighted by Gasteiger charge is -2.15. The highest BCUT2D eigenvalue weighted by Crippen LogP contribution is 2.32. The maximum Gasteiger partial charge on any atom is 0.311 e. The van der Waals surface area contributed by atoms with Crippen molar-refractivity contribution in [1.82, 2.24) is 4.90 Å². The molecule has 0 aliphatic heterocycles. The zero-order chi connectivity index (χ0) is 15.9. The molecule has 0 saturated carbocycles. The SMILES string of the molecule is CN(CCCl)Cc1ccc([N+](=O)[O-])c(Oc2ccccc2)c1. The maximum absolute atomic E-state index is 11.1. The average molecular weight is 321 g/mol. The summed E-state index contributed by atoms with van der Waals surface area (Å²) in [6.45, 7) is 1.39. The summed E-state index contributed by atoms with van der Waals surface area (Å²) < 4.78 is 5.67. The van der Waals surface area contributed by atoms with Gasteiger partial charge in [-0.05, 0) is 30.8 Å². The lowest BCUT2D eigenvalue weighted by molar-refractivity contribution is -0.385. The van der Waals surface area contributed by atoms with Crippen molar-refractivity contribution >= 4 is 17.3 Å². The van der Waals surface area contributed by atoms with Gasteiger partial charge in [0.2, 0.25) is 5.75 Å². The quantitative estimate of drug-likeness (QED) is 0.438. The predicted octanol–water partition coefficient (Wildman–Crippen LogP) is 4.06. The molecule has 0 atom stereocenters. The Morgan fingerprint density at radius 2 is 1.95 bits per heavy atom. The van der Waals surface area contributed by atoms with Crippen LogP contribution in [0, 0.1) is 10.1 Å². The molecule has 0 heterocycles. The number of ether oxygens (including phenoxy) is 1. The summed E-state index contributed by atoms with van der Waals surface area (Å²) in [5.74, 6) is 1.35. The van der Waals surface area contributed by atoms with Gasteiger partial charge in [0.15, 0.2) is 0 Å². The molecule has 0 unspecified atom stereocenters. The van der Waals surface area contributed by atoms with Gasteiger partial charge in [0.25, 0.3) is 0 Å². The lowest BCUT2D eigenvalue weighted by Crippen LogP contribution is -2.20. The Hall–Kier alpha value is -2.11. The minimum atomic E-state index is -0.440. The lowest BCUT2D eigenvalue weighted by atomic mass is 10.1. The van der Waals surface area contributed by atoms with Crippen molar-refractivity contribution < 1.29 is 9.66 Å². The zero-order valence-corrected chi connectivity index (χ0v) is 13.0. The second-order valence-corrected chi connectivity index (χ2v) is 5.28. The van der Waals surface area contributed by atoms with Crippen molar-refractivity contribution in [1.29, 1.82) is 0 Å². The summed E-state index contributed by atoms with van der Waals surface area (Å²) in [6, 6.07) is 13.9. The second-order valence-electron chi connectivity index (χ2n) is 4.90. The largest absolute Gasteiger partial charge is 0.450 e. The summed E-state index contributed by atoms with van der Waals surface area (Å²) in [6.07, 6.45) is 0. The number of nitro benzene ring substituents is 1. The van der Waals surface area contributed by atoms with Crippen molar-refractivity contribution in [3.05, 3.63) is 64.2 Å². The smallest absolute Gasteiger partial charge is 0.311 e. The molecule has 0 amide bonds. The molecule has 0 N–H and O–H groups in total. The van der Waals surface area contributed by atoms with Crippen LogP contribution in [0.2, 0.25) is 0 Å². The summed E-state index contributed by atoms with van der Waals surface area (Å²) >= 11 is 5.71. The molecule has 0 spiro atoms. The summed E-state index contributed by atoms with van der Waals surface area (Å²) in [4.78, 5) is 12.7. The van der Waals surface area contributed by atoms with Crippen molar-refractivity contribution in [3.63, 3.8) is 0 Å². The predicted molar refractivity (Wildman–Crippen MR) is 86.7 cm³/mol. The highest BCUT2D eigenvalue weighted by molar-refractivity contribution is 6.18. The van der Waals surface area contributed by atoms with Gasteiger partial charge in [-0.1, -0.05) is 24.3 Å². The fourth-order valence-corrected chi connectivity index (χ4v) is 2.33. The van der Waals surface area contributed by atoms with E-state index in [0.717, 1.165) is 12.1 Å². The third kappa shape index (κ3) is 4.44. The van der Waals surface area contributed by atoms with E-state index >= 15 is 0 Å². The Labute approximate surface area is 134 Å². The van der Waals surface area contributed by atoms with Gasteiger partial charge in [-0.2, -0.15) is 0 Å². The van der Waals surface area contributed by atoms with Gasteiger partial charge in [0.1, 0.15) is 5.75 Å². The molecule has 116 valence electrons. The number of rotatable bonds is 7. The Morgan fingerprint density at radius 3 is 2.59 bits per heavy atom. The second kappa shape index (κ2) is 7.77. The van der Waals surface area contributed by atoms with Crippen LogP contribution in [0.5, 0.6) is 11.5 Å². The molecule has 5 nitrogen and oxygen atoms in total. The average Bonchev–Trinajstić information content (AvgIpc) is 2.48. The Bertz CT molecular complexity index is 635. The van der Waals surface area contributed by atoms with Crippen molar-refractivity contribution in [2.75, 3.05) is 19.5 Å². The molecule has 22 heavy (non-hydrogen) atoms. The molecular formula is C16H17ClN2O3. The molecule has 0 fully saturated rings. The maximum atomic E-state index is 11.1. The van der Waals surface area contributed by atoms with E-state index in [0.29, 0.717) is 18.2 Å². The third-order valence-corrected chi connectivity index (χ3v) is 3.28. The highest BCUT2D eigenvalue weighted by Gasteiger charge is 2.17. The van der Waals surface area contributed by atoms with Crippen LogP contribution in [0.4, 0.5) is 5.69 Å². The third-order valence-electron chi connectivity index (χ3n) is 3.11. The number of nitrogens with zero attached hydrogens (tertiary/aromatic N) is 2. The summed E-state index contributed by atoms with van der Waals surface area (Å²) in [5.41, 5.74) is 0.886. The van der Waals surface area contributed by atoms with Gasteiger partial charge < -0.3 is 9.64 Å². The monoisotopic (exact) mass is 320 g/mol. The Kier molecular flexibility index (Phi) is 5.75. The van der Waals surface area contributed by atoms with E-state index in [-0.39, 0.29) is 11.4 Å². The molecule has 0 aromatic heterocycles. The van der Waals surface area contributed by atoms with Crippen LogP contribution in [0.1, 0.15) is 5.56 Å². The first-order valence-corrected chi connectivity index (χ1v) is 7.38. The highest BCUT2D eigenvalue weighted by atomic mass is 35.5. The number of alkyl halides is 1. The van der Waals surface area contributed by atoms with Crippen molar-refractivity contribution in [3.8, 4) is 11.5 Å². The first kappa shape index (κ1) is 16.3. The van der Waals surface area contributed by atoms with Crippen LogP contribution < -0.4 is 4.74 Å². The van der Waals surface area contributed by atoms with Gasteiger partial charge in [-0.15, -0.1) is 11.6 Å². The topological polar surface area (TPSA) is 55.6 Å². The number of halogens is 1. The summed E-state index contributed by atoms with van der Waals surface area (Å²) in [7, 11) is 1.95. The van der Waals surface area contributed by atoms with E-state index in [1.54, 1.807) is 24.3 Å². The van der Waals surface area contributed by atoms with E-state index in [2.05, 4.69) is 0 Å². The molecule has 0 saturated heterocycles. The first-order chi connectivity index (χ1) is 10.6. The Morgan fingerprint density at radius 1 is 1.23 bits per heavy atom. The first-order valence-electron chi connectivity index (χ1n) is 6.85. The number of hydrogen-bond acceptors (Lipinski definition) is 4. The minimum Gasteiger partial charge on any atom is -0.450 e. The molecular weight excluding hydrogens is 304 g/mol. The Balaban J connectivity index is 2.26. The van der Waals surface area contributed by atoms with Crippen LogP contribution in [-0.2, 0) is 6.54 Å². The molecule has 2 rings (SSSR count). The number of benzene rings is 2. The van der Waals surface area contributed by atoms with Crippen molar-refractivity contribution in [2.24, 2.45) is 0 Å². The van der Waals surface area contributed by atoms with E-state index in [1.807, 2.05) is 30.1 Å². The van der Waals surface area contributed by atoms with Crippen LogP contribution in [-0.4, -0.2) is 29.3 Å². The van der Waals surface area contributed by atoms with E-state index in [4.69, 9.17) is 16.3 Å². The van der Waals surface area contributed by atoms with E-state index in [9.17, 15) is 10.1 Å². The molecule has 6 heteroatoms. The normalized spacial score (nSPS) is 10.7. The van der Waals surface area contributed by atoms with Crippen LogP contribution in [0.3, 0.4) is 0 Å². The number of nitro groups is 1. The van der Waals surface area contributed by atoms with Gasteiger partial charge in [-0.25, -0.2) is 0 Å². The van der Waals surface area contributed by atoms with Gasteiger partial charge in [0, 0.05) is 25.0 Å². The fourth-order valence-electron chi connectivity index (χ4n) is 2.04. The summed E-state index contributed by atoms with van der Waals surface area (Å²) in [5, 5.41) is 11.1. The minimum absolute atomic E-state index is 0.0485. The van der Waals surface area contributed by atoms with Crippen molar-refractivity contribution in [2.45, 2.75) is 6.54 Å². The molecule has 0 aliphatic rings. The molecule has 2 aromatic carbocycles. The van der Waals surface area contributed by atoms with Crippen LogP contribution in [0.25, 0.3) is 0 Å². The molecule has 2 aromatic rings. The van der Waals surface area contributed by atoms with Crippen LogP contribution in [0.15, 0.2) is 48.5 Å². The van der Waals surface area contributed by atoms with Gasteiger partial charge in [0.05, 0.1) is 4.92 Å². The van der Waals surface area contributed by atoms with Gasteiger partial charge >= 0.3 is 5.69 Å². The molecule has 0 bridgehead atoms. The number of hydrogen-bond donors (Lipinski definition) is 0. The van der Waals surface area contributed by atoms with Crippen LogP contribution >= 0.6 is 11.6 Å². The fraction of sp³-hybridized carbons (Fsp3) is 0.250.